The number of nitrogens with one attached hydrogen (secondary N) is 1. The number of amides is 1. The molecule has 0 saturated carbocycles. The summed E-state index contributed by atoms with van der Waals surface area (Å²) in [6, 6.07) is 13.4. The number of rotatable bonds is 19. The molecule has 2 rings (SSSR count). The Kier molecular flexibility index (Phi) is 14.8. The summed E-state index contributed by atoms with van der Waals surface area (Å²) in [7, 11) is 1.63. The van der Waals surface area contributed by atoms with Crippen molar-refractivity contribution in [1.82, 2.24) is 0 Å². The molecule has 36 heavy (non-hydrogen) atoms. The van der Waals surface area contributed by atoms with Crippen molar-refractivity contribution in [3.63, 3.8) is 0 Å². The Hall–Kier alpha value is -2.49. The molecular formula is C32H49NO3. The van der Waals surface area contributed by atoms with E-state index in [9.17, 15) is 4.79 Å². The molecule has 0 saturated heterocycles. The van der Waals surface area contributed by atoms with Gasteiger partial charge in [-0.1, -0.05) is 96.1 Å². The molecule has 0 heterocycles. The van der Waals surface area contributed by atoms with E-state index in [1.165, 1.54) is 77.0 Å². The predicted molar refractivity (Wildman–Crippen MR) is 153 cm³/mol. The Balaban J connectivity index is 1.81. The van der Waals surface area contributed by atoms with E-state index in [4.69, 9.17) is 9.47 Å². The van der Waals surface area contributed by atoms with Crippen LogP contribution in [0.5, 0.6) is 11.5 Å². The topological polar surface area (TPSA) is 47.6 Å². The van der Waals surface area contributed by atoms with Gasteiger partial charge in [0.1, 0.15) is 11.5 Å². The predicted octanol–water partition coefficient (Wildman–Crippen LogP) is 9.37. The Morgan fingerprint density at radius 2 is 1.33 bits per heavy atom. The van der Waals surface area contributed by atoms with Crippen LogP contribution in [0.15, 0.2) is 42.5 Å². The molecule has 1 N–H and O–H groups in total. The van der Waals surface area contributed by atoms with Gasteiger partial charge in [-0.05, 0) is 62.6 Å². The zero-order valence-corrected chi connectivity index (χ0v) is 23.2. The van der Waals surface area contributed by atoms with Gasteiger partial charge < -0.3 is 14.8 Å². The first-order valence-corrected chi connectivity index (χ1v) is 14.3. The van der Waals surface area contributed by atoms with E-state index in [1.807, 2.05) is 50.2 Å². The normalized spacial score (nSPS) is 11.0. The summed E-state index contributed by atoms with van der Waals surface area (Å²) in [6.07, 6.45) is 18.2. The van der Waals surface area contributed by atoms with E-state index in [0.717, 1.165) is 29.8 Å². The fourth-order valence-corrected chi connectivity index (χ4v) is 4.60. The van der Waals surface area contributed by atoms with Crippen LogP contribution in [-0.4, -0.2) is 19.1 Å². The van der Waals surface area contributed by atoms with Crippen molar-refractivity contribution in [1.29, 1.82) is 0 Å². The molecule has 0 spiro atoms. The van der Waals surface area contributed by atoms with E-state index in [-0.39, 0.29) is 12.0 Å². The van der Waals surface area contributed by atoms with Crippen molar-refractivity contribution in [2.45, 2.75) is 117 Å². The molecule has 0 atom stereocenters. The van der Waals surface area contributed by atoms with Gasteiger partial charge in [0, 0.05) is 5.69 Å². The van der Waals surface area contributed by atoms with Crippen LogP contribution in [0, 0.1) is 0 Å². The number of ether oxygens (including phenoxy) is 2. The minimum absolute atomic E-state index is 0.00382. The van der Waals surface area contributed by atoms with Crippen LogP contribution in [0.2, 0.25) is 0 Å². The van der Waals surface area contributed by atoms with Crippen molar-refractivity contribution in [3.8, 4) is 11.5 Å². The summed E-state index contributed by atoms with van der Waals surface area (Å²) in [5.41, 5.74) is 2.45. The first-order chi connectivity index (χ1) is 17.5. The molecule has 2 aromatic rings. The van der Waals surface area contributed by atoms with Gasteiger partial charge in [0.2, 0.25) is 0 Å². The SMILES string of the molecule is CCCCCCCCCCCCCCCc1cccc(OC(C)C)c1C(=O)Nc1ccc(OC)cc1. The Bertz CT molecular complexity index is 860. The number of carbonyl (C=O) groups excluding carboxylic acids is 1. The molecule has 2 aromatic carbocycles. The van der Waals surface area contributed by atoms with E-state index in [2.05, 4.69) is 18.3 Å². The van der Waals surface area contributed by atoms with E-state index in [0.29, 0.717) is 11.3 Å². The zero-order valence-electron chi connectivity index (χ0n) is 23.2. The number of unbranched alkanes of at least 4 members (excludes halogenated alkanes) is 12. The van der Waals surface area contributed by atoms with Gasteiger partial charge in [-0.3, -0.25) is 4.79 Å². The van der Waals surface area contributed by atoms with Crippen molar-refractivity contribution in [3.05, 3.63) is 53.6 Å². The summed E-state index contributed by atoms with van der Waals surface area (Å²) in [6.45, 7) is 6.26. The number of hydrogen-bond donors (Lipinski definition) is 1. The van der Waals surface area contributed by atoms with Crippen LogP contribution in [0.4, 0.5) is 5.69 Å². The molecule has 0 aliphatic rings. The maximum atomic E-state index is 13.3. The average Bonchev–Trinajstić information content (AvgIpc) is 2.87. The molecule has 0 aromatic heterocycles. The largest absolute Gasteiger partial charge is 0.497 e. The lowest BCUT2D eigenvalue weighted by atomic mass is 9.98. The summed E-state index contributed by atoms with van der Waals surface area (Å²) < 4.78 is 11.2. The highest BCUT2D eigenvalue weighted by atomic mass is 16.5. The second-order valence-corrected chi connectivity index (χ2v) is 10.1. The van der Waals surface area contributed by atoms with Crippen LogP contribution in [0.3, 0.4) is 0 Å². The number of hydrogen-bond acceptors (Lipinski definition) is 3. The molecular weight excluding hydrogens is 446 g/mol. The second kappa shape index (κ2) is 17.9. The highest BCUT2D eigenvalue weighted by Crippen LogP contribution is 2.27. The zero-order chi connectivity index (χ0) is 26.0. The van der Waals surface area contributed by atoms with Gasteiger partial charge in [-0.15, -0.1) is 0 Å². The van der Waals surface area contributed by atoms with Crippen molar-refractivity contribution >= 4 is 11.6 Å². The number of aryl methyl sites for hydroxylation is 1. The molecule has 0 aliphatic carbocycles. The number of benzene rings is 2. The number of carbonyl (C=O) groups is 1. The van der Waals surface area contributed by atoms with Crippen molar-refractivity contribution in [2.24, 2.45) is 0 Å². The fourth-order valence-electron chi connectivity index (χ4n) is 4.60. The smallest absolute Gasteiger partial charge is 0.259 e. The monoisotopic (exact) mass is 495 g/mol. The third-order valence-electron chi connectivity index (χ3n) is 6.60. The fraction of sp³-hybridized carbons (Fsp3) is 0.594. The third kappa shape index (κ3) is 11.5. The summed E-state index contributed by atoms with van der Waals surface area (Å²) in [4.78, 5) is 13.3. The first-order valence-electron chi connectivity index (χ1n) is 14.3. The molecule has 1 amide bonds. The maximum Gasteiger partial charge on any atom is 0.259 e. The quantitative estimate of drug-likeness (QED) is 0.197. The van der Waals surface area contributed by atoms with Crippen molar-refractivity contribution < 1.29 is 14.3 Å². The van der Waals surface area contributed by atoms with E-state index in [1.54, 1.807) is 7.11 Å². The minimum Gasteiger partial charge on any atom is -0.497 e. The molecule has 0 bridgehead atoms. The maximum absolute atomic E-state index is 13.3. The lowest BCUT2D eigenvalue weighted by Gasteiger charge is -2.17. The Labute approximate surface area is 220 Å². The van der Waals surface area contributed by atoms with Crippen LogP contribution in [0.25, 0.3) is 0 Å². The van der Waals surface area contributed by atoms with Crippen molar-refractivity contribution in [2.75, 3.05) is 12.4 Å². The Morgan fingerprint density at radius 1 is 0.778 bits per heavy atom. The number of methoxy groups -OCH3 is 1. The number of anilines is 1. The van der Waals surface area contributed by atoms with Crippen LogP contribution in [0.1, 0.15) is 120 Å². The molecule has 0 fully saturated rings. The van der Waals surface area contributed by atoms with Gasteiger partial charge in [-0.2, -0.15) is 0 Å². The third-order valence-corrected chi connectivity index (χ3v) is 6.60. The summed E-state index contributed by atoms with van der Waals surface area (Å²) >= 11 is 0. The molecule has 4 nitrogen and oxygen atoms in total. The molecule has 200 valence electrons. The van der Waals surface area contributed by atoms with Gasteiger partial charge in [0.05, 0.1) is 18.8 Å². The summed E-state index contributed by atoms with van der Waals surface area (Å²) in [5, 5.41) is 3.04. The Morgan fingerprint density at radius 3 is 1.86 bits per heavy atom. The molecule has 4 heteroatoms. The lowest BCUT2D eigenvalue weighted by Crippen LogP contribution is -2.18. The first kappa shape index (κ1) is 29.7. The van der Waals surface area contributed by atoms with Crippen LogP contribution in [-0.2, 0) is 6.42 Å². The van der Waals surface area contributed by atoms with Crippen LogP contribution >= 0.6 is 0 Å². The molecule has 0 radical (unpaired) electrons. The molecule has 0 unspecified atom stereocenters. The van der Waals surface area contributed by atoms with E-state index >= 15 is 0 Å². The van der Waals surface area contributed by atoms with Gasteiger partial charge >= 0.3 is 0 Å². The van der Waals surface area contributed by atoms with Gasteiger partial charge in [0.15, 0.2) is 0 Å². The van der Waals surface area contributed by atoms with Crippen LogP contribution < -0.4 is 14.8 Å². The second-order valence-electron chi connectivity index (χ2n) is 10.1. The lowest BCUT2D eigenvalue weighted by molar-refractivity contribution is 0.102. The minimum atomic E-state index is -0.124. The standard InChI is InChI=1S/C32H49NO3/c1-5-6-7-8-9-10-11-12-13-14-15-16-17-19-27-20-18-21-30(36-26(2)3)31(27)32(34)33-28-22-24-29(35-4)25-23-28/h18,20-26H,5-17,19H2,1-4H3,(H,33,34). The summed E-state index contributed by atoms with van der Waals surface area (Å²) in [5.74, 6) is 1.30. The van der Waals surface area contributed by atoms with E-state index < -0.39 is 0 Å². The average molecular weight is 496 g/mol. The van der Waals surface area contributed by atoms with Gasteiger partial charge in [-0.25, -0.2) is 0 Å². The van der Waals surface area contributed by atoms with Gasteiger partial charge in [0.25, 0.3) is 5.91 Å². The molecule has 0 aliphatic heterocycles. The highest BCUT2D eigenvalue weighted by Gasteiger charge is 2.18. The highest BCUT2D eigenvalue weighted by molar-refractivity contribution is 6.07.